The summed E-state index contributed by atoms with van der Waals surface area (Å²) in [5, 5.41) is 2.12. The first-order chi connectivity index (χ1) is 8.38. The summed E-state index contributed by atoms with van der Waals surface area (Å²) in [5.74, 6) is 6.63. The van der Waals surface area contributed by atoms with Crippen LogP contribution in [0, 0.1) is 0 Å². The van der Waals surface area contributed by atoms with Gasteiger partial charge in [-0.2, -0.15) is 0 Å². The van der Waals surface area contributed by atoms with Gasteiger partial charge in [0.05, 0.1) is 6.61 Å². The van der Waals surface area contributed by atoms with Crippen LogP contribution in [-0.2, 0) is 4.74 Å². The van der Waals surface area contributed by atoms with Crippen LogP contribution < -0.4 is 11.3 Å². The Morgan fingerprint density at radius 1 is 1.41 bits per heavy atom. The van der Waals surface area contributed by atoms with Crippen molar-refractivity contribution < 1.29 is 4.74 Å². The molecule has 17 heavy (non-hydrogen) atoms. The van der Waals surface area contributed by atoms with Gasteiger partial charge in [-0.1, -0.05) is 0 Å². The molecule has 0 radical (unpaired) electrons. The Balaban J connectivity index is 1.94. The number of fused-ring (bicyclic) bond motifs is 1. The standard InChI is InChI=1S/C12H14N2OS2/c13-14-12(8-3-1-2-5-15-8)11-7-10-9(17-11)4-6-16-10/h3-4,6-7,12,14H,1-2,5,13H2. The highest BCUT2D eigenvalue weighted by atomic mass is 32.1. The van der Waals surface area contributed by atoms with Crippen molar-refractivity contribution in [2.75, 3.05) is 6.61 Å². The lowest BCUT2D eigenvalue weighted by Gasteiger charge is -2.22. The number of rotatable bonds is 3. The van der Waals surface area contributed by atoms with Crippen LogP contribution >= 0.6 is 22.7 Å². The monoisotopic (exact) mass is 266 g/mol. The van der Waals surface area contributed by atoms with Crippen molar-refractivity contribution in [1.82, 2.24) is 5.43 Å². The Bertz CT molecular complexity index is 515. The first-order valence-electron chi connectivity index (χ1n) is 5.64. The summed E-state index contributed by atoms with van der Waals surface area (Å²) in [6.45, 7) is 0.795. The van der Waals surface area contributed by atoms with Gasteiger partial charge in [0.1, 0.15) is 11.8 Å². The number of nitrogens with one attached hydrogen (secondary N) is 1. The van der Waals surface area contributed by atoms with Gasteiger partial charge in [-0.25, -0.2) is 5.43 Å². The van der Waals surface area contributed by atoms with Gasteiger partial charge >= 0.3 is 0 Å². The molecule has 0 saturated heterocycles. The largest absolute Gasteiger partial charge is 0.496 e. The molecule has 3 nitrogen and oxygen atoms in total. The molecule has 1 unspecified atom stereocenters. The molecule has 0 fully saturated rings. The number of hydrazine groups is 1. The Morgan fingerprint density at radius 2 is 2.35 bits per heavy atom. The molecule has 3 N–H and O–H groups in total. The highest BCUT2D eigenvalue weighted by Gasteiger charge is 2.21. The highest BCUT2D eigenvalue weighted by molar-refractivity contribution is 7.26. The van der Waals surface area contributed by atoms with Crippen molar-refractivity contribution in [2.24, 2.45) is 5.84 Å². The van der Waals surface area contributed by atoms with E-state index < -0.39 is 0 Å². The highest BCUT2D eigenvalue weighted by Crippen LogP contribution is 2.36. The van der Waals surface area contributed by atoms with Gasteiger partial charge in [-0.3, -0.25) is 5.84 Å². The average Bonchev–Trinajstić information content (AvgIpc) is 2.92. The molecular formula is C12H14N2OS2. The van der Waals surface area contributed by atoms with Crippen molar-refractivity contribution in [3.8, 4) is 0 Å². The predicted molar refractivity (Wildman–Crippen MR) is 73.0 cm³/mol. The summed E-state index contributed by atoms with van der Waals surface area (Å²) in [4.78, 5) is 1.22. The van der Waals surface area contributed by atoms with Crippen molar-refractivity contribution in [1.29, 1.82) is 0 Å². The Labute approximate surface area is 108 Å². The van der Waals surface area contributed by atoms with Crippen LogP contribution in [-0.4, -0.2) is 6.61 Å². The summed E-state index contributed by atoms with van der Waals surface area (Å²) in [6.07, 6.45) is 4.31. The number of ether oxygens (including phenoxy) is 1. The molecule has 90 valence electrons. The van der Waals surface area contributed by atoms with Gasteiger partial charge in [0.15, 0.2) is 0 Å². The molecule has 0 aromatic carbocycles. The average molecular weight is 266 g/mol. The first kappa shape index (κ1) is 11.2. The second-order valence-electron chi connectivity index (χ2n) is 3.99. The number of nitrogens with two attached hydrogens (primary N) is 1. The van der Waals surface area contributed by atoms with Crippen LogP contribution in [0.1, 0.15) is 23.8 Å². The Hall–Kier alpha value is -0.880. The quantitative estimate of drug-likeness (QED) is 0.662. The topological polar surface area (TPSA) is 47.3 Å². The molecule has 0 saturated carbocycles. The van der Waals surface area contributed by atoms with E-state index in [1.54, 1.807) is 22.7 Å². The number of allylic oxidation sites excluding steroid dienone is 1. The van der Waals surface area contributed by atoms with E-state index >= 15 is 0 Å². The van der Waals surface area contributed by atoms with Crippen LogP contribution in [0.3, 0.4) is 0 Å². The second-order valence-corrected chi connectivity index (χ2v) is 6.06. The van der Waals surface area contributed by atoms with Gasteiger partial charge in [-0.15, -0.1) is 22.7 Å². The van der Waals surface area contributed by atoms with E-state index in [0.717, 1.165) is 25.2 Å². The fourth-order valence-corrected chi connectivity index (χ4v) is 4.20. The van der Waals surface area contributed by atoms with Gasteiger partial charge in [0.25, 0.3) is 0 Å². The summed E-state index contributed by atoms with van der Waals surface area (Å²) in [6, 6.07) is 4.35. The number of hydrogen-bond donors (Lipinski definition) is 2. The van der Waals surface area contributed by atoms with Crippen LogP contribution in [0.25, 0.3) is 9.40 Å². The molecule has 0 bridgehead atoms. The predicted octanol–water partition coefficient (Wildman–Crippen LogP) is 3.16. The first-order valence-corrected chi connectivity index (χ1v) is 7.34. The third-order valence-corrected chi connectivity index (χ3v) is 5.02. The van der Waals surface area contributed by atoms with Crippen LogP contribution in [0.15, 0.2) is 29.3 Å². The molecule has 1 aliphatic heterocycles. The molecule has 0 aliphatic carbocycles. The van der Waals surface area contributed by atoms with E-state index in [9.17, 15) is 0 Å². The maximum absolute atomic E-state index is 5.69. The van der Waals surface area contributed by atoms with E-state index in [-0.39, 0.29) is 6.04 Å². The smallest absolute Gasteiger partial charge is 0.116 e. The molecule has 0 spiro atoms. The van der Waals surface area contributed by atoms with E-state index in [4.69, 9.17) is 10.6 Å². The Kier molecular flexibility index (Phi) is 3.15. The summed E-state index contributed by atoms with van der Waals surface area (Å²) >= 11 is 3.54. The zero-order valence-electron chi connectivity index (χ0n) is 9.31. The number of hydrogen-bond acceptors (Lipinski definition) is 5. The summed E-state index contributed by atoms with van der Waals surface area (Å²) in [7, 11) is 0. The molecule has 2 aromatic rings. The number of thiophene rings is 2. The normalized spacial score (nSPS) is 17.8. The lowest BCUT2D eigenvalue weighted by Crippen LogP contribution is -2.30. The fourth-order valence-electron chi connectivity index (χ4n) is 2.01. The third-order valence-electron chi connectivity index (χ3n) is 2.86. The molecule has 1 atom stereocenters. The molecule has 3 rings (SSSR count). The maximum atomic E-state index is 5.69. The summed E-state index contributed by atoms with van der Waals surface area (Å²) < 4.78 is 8.33. The van der Waals surface area contributed by atoms with Gasteiger partial charge in [0, 0.05) is 14.3 Å². The van der Waals surface area contributed by atoms with E-state index in [1.807, 2.05) is 0 Å². The maximum Gasteiger partial charge on any atom is 0.116 e. The minimum atomic E-state index is -0.0000926. The van der Waals surface area contributed by atoms with Crippen molar-refractivity contribution >= 4 is 32.1 Å². The van der Waals surface area contributed by atoms with Crippen LogP contribution in [0.2, 0.25) is 0 Å². The minimum Gasteiger partial charge on any atom is -0.496 e. The Morgan fingerprint density at radius 3 is 3.06 bits per heavy atom. The van der Waals surface area contributed by atoms with Gasteiger partial charge in [-0.05, 0) is 36.4 Å². The third kappa shape index (κ3) is 2.11. The molecule has 5 heteroatoms. The lowest BCUT2D eigenvalue weighted by molar-refractivity contribution is 0.168. The molecule has 2 aromatic heterocycles. The van der Waals surface area contributed by atoms with Crippen LogP contribution in [0.4, 0.5) is 0 Å². The van der Waals surface area contributed by atoms with Gasteiger partial charge in [0.2, 0.25) is 0 Å². The van der Waals surface area contributed by atoms with Gasteiger partial charge < -0.3 is 4.74 Å². The zero-order chi connectivity index (χ0) is 11.7. The van der Waals surface area contributed by atoms with E-state index in [0.29, 0.717) is 0 Å². The molecule has 1 aliphatic rings. The van der Waals surface area contributed by atoms with Crippen molar-refractivity contribution in [3.05, 3.63) is 34.2 Å². The minimum absolute atomic E-state index is 0.0000926. The van der Waals surface area contributed by atoms with E-state index in [2.05, 4.69) is 29.0 Å². The zero-order valence-corrected chi connectivity index (χ0v) is 10.9. The fraction of sp³-hybridized carbons (Fsp3) is 0.333. The molecular weight excluding hydrogens is 252 g/mol. The molecule has 0 amide bonds. The summed E-state index contributed by atoms with van der Waals surface area (Å²) in [5.41, 5.74) is 2.86. The van der Waals surface area contributed by atoms with Crippen molar-refractivity contribution in [2.45, 2.75) is 18.9 Å². The molecule has 3 heterocycles. The van der Waals surface area contributed by atoms with Crippen LogP contribution in [0.5, 0.6) is 0 Å². The lowest BCUT2D eigenvalue weighted by atomic mass is 10.1. The van der Waals surface area contributed by atoms with Crippen molar-refractivity contribution in [3.63, 3.8) is 0 Å². The van der Waals surface area contributed by atoms with E-state index in [1.165, 1.54) is 14.3 Å². The second kappa shape index (κ2) is 4.78. The SMILES string of the molecule is NNC(C1=CCCCO1)c1cc2sccc2s1.